The highest BCUT2D eigenvalue weighted by Gasteiger charge is 2.33. The monoisotopic (exact) mass is 477 g/mol. The molecule has 2 aromatic heterocycles. The van der Waals surface area contributed by atoms with Crippen LogP contribution in [-0.4, -0.2) is 32.7 Å². The Bertz CT molecular complexity index is 1510. The van der Waals surface area contributed by atoms with E-state index in [-0.39, 0.29) is 11.5 Å². The van der Waals surface area contributed by atoms with E-state index in [0.29, 0.717) is 28.6 Å². The van der Waals surface area contributed by atoms with Crippen molar-refractivity contribution < 1.29 is 14.7 Å². The first-order valence-electron chi connectivity index (χ1n) is 11.5. The molecule has 0 saturated heterocycles. The van der Waals surface area contributed by atoms with Gasteiger partial charge in [-0.3, -0.25) is 4.79 Å². The Kier molecular flexibility index (Phi) is 5.06. The van der Waals surface area contributed by atoms with Crippen LogP contribution in [0.3, 0.4) is 0 Å². The Labute approximate surface area is 203 Å². The molecule has 0 saturated carbocycles. The van der Waals surface area contributed by atoms with Crippen molar-refractivity contribution in [1.29, 1.82) is 0 Å². The van der Waals surface area contributed by atoms with Gasteiger partial charge in [-0.15, -0.1) is 0 Å². The van der Waals surface area contributed by atoms with Crippen LogP contribution in [0.2, 0.25) is 5.02 Å². The van der Waals surface area contributed by atoms with Gasteiger partial charge in [0.15, 0.2) is 0 Å². The van der Waals surface area contributed by atoms with E-state index in [4.69, 9.17) is 11.6 Å². The molecule has 0 fully saturated rings. The lowest BCUT2D eigenvalue weighted by Crippen LogP contribution is -2.35. The van der Waals surface area contributed by atoms with Crippen LogP contribution in [0.25, 0.3) is 21.8 Å². The lowest BCUT2D eigenvalue weighted by atomic mass is 9.75. The summed E-state index contributed by atoms with van der Waals surface area (Å²) in [5.74, 6) is -0.752. The first kappa shape index (κ1) is 22.5. The first-order valence-corrected chi connectivity index (χ1v) is 11.9. The summed E-state index contributed by atoms with van der Waals surface area (Å²) in [5, 5.41) is 14.7. The summed E-state index contributed by atoms with van der Waals surface area (Å²) in [5.41, 5.74) is 5.57. The highest BCUT2D eigenvalue weighted by atomic mass is 35.5. The molecule has 1 aliphatic rings. The maximum Gasteiger partial charge on any atom is 0.337 e. The van der Waals surface area contributed by atoms with Crippen molar-refractivity contribution in [2.45, 2.75) is 45.6 Å². The molecule has 7 heteroatoms. The molecule has 5 rings (SSSR count). The number of benzene rings is 2. The van der Waals surface area contributed by atoms with E-state index in [2.05, 4.69) is 49.7 Å². The summed E-state index contributed by atoms with van der Waals surface area (Å²) in [6.07, 6.45) is 1.62. The fraction of sp³-hybridized carbons (Fsp3) is 0.333. The van der Waals surface area contributed by atoms with Crippen LogP contribution in [0.5, 0.6) is 0 Å². The van der Waals surface area contributed by atoms with Crippen molar-refractivity contribution in [2.24, 2.45) is 7.05 Å². The first-order chi connectivity index (χ1) is 16.0. The summed E-state index contributed by atoms with van der Waals surface area (Å²) in [4.78, 5) is 24.6. The normalized spacial score (nSPS) is 14.1. The number of aromatic carboxylic acids is 1. The summed E-state index contributed by atoms with van der Waals surface area (Å²) in [6.45, 7) is 9.97. The summed E-state index contributed by atoms with van der Waals surface area (Å²) in [6, 6.07) is 10.1. The molecule has 0 spiro atoms. The highest BCUT2D eigenvalue weighted by Crippen LogP contribution is 2.44. The van der Waals surface area contributed by atoms with Gasteiger partial charge in [0.25, 0.3) is 5.91 Å². The zero-order valence-corrected chi connectivity index (χ0v) is 20.7. The number of rotatable bonds is 4. The maximum atomic E-state index is 12.7. The van der Waals surface area contributed by atoms with Gasteiger partial charge in [0.2, 0.25) is 0 Å². The predicted octanol–water partition coefficient (Wildman–Crippen LogP) is 5.68. The number of halogens is 1. The van der Waals surface area contributed by atoms with E-state index in [9.17, 15) is 14.7 Å². The average molecular weight is 478 g/mol. The van der Waals surface area contributed by atoms with Gasteiger partial charge in [-0.1, -0.05) is 57.5 Å². The standard InChI is InChI=1S/C27H28ClN3O3/c1-14(2)15-6-7-18(16-12-21-25(32)29-10-11-31(21)23(15)16)27(3,4)19-8-9-20(28)22-17(26(33)34)13-30(5)24(19)22/h6-9,12-14H,10-11H2,1-5H3,(H,29,32)(H,33,34). The van der Waals surface area contributed by atoms with E-state index in [0.717, 1.165) is 34.1 Å². The molecular formula is C27H28ClN3O3. The van der Waals surface area contributed by atoms with Crippen LogP contribution >= 0.6 is 11.6 Å². The minimum absolute atomic E-state index is 0.0525. The van der Waals surface area contributed by atoms with E-state index in [1.54, 1.807) is 12.3 Å². The largest absolute Gasteiger partial charge is 0.478 e. The molecule has 6 nitrogen and oxygen atoms in total. The summed E-state index contributed by atoms with van der Waals surface area (Å²) in [7, 11) is 1.85. The highest BCUT2D eigenvalue weighted by molar-refractivity contribution is 6.37. The number of carboxylic acids is 1. The second-order valence-corrected chi connectivity index (χ2v) is 10.4. The second-order valence-electron chi connectivity index (χ2n) is 9.96. The molecule has 176 valence electrons. The van der Waals surface area contributed by atoms with Gasteiger partial charge in [0.05, 0.1) is 21.6 Å². The number of hydrogen-bond donors (Lipinski definition) is 2. The van der Waals surface area contributed by atoms with E-state index >= 15 is 0 Å². The smallest absolute Gasteiger partial charge is 0.337 e. The maximum absolute atomic E-state index is 12.7. The van der Waals surface area contributed by atoms with E-state index < -0.39 is 11.4 Å². The third kappa shape index (κ3) is 3.08. The molecule has 0 radical (unpaired) electrons. The number of nitrogens with one attached hydrogen (secondary N) is 1. The lowest BCUT2D eigenvalue weighted by Gasteiger charge is -2.29. The topological polar surface area (TPSA) is 76.3 Å². The molecule has 0 aliphatic carbocycles. The van der Waals surface area contributed by atoms with Crippen molar-refractivity contribution in [3.05, 3.63) is 69.5 Å². The molecule has 0 bridgehead atoms. The fourth-order valence-corrected chi connectivity index (χ4v) is 5.79. The van der Waals surface area contributed by atoms with Gasteiger partial charge in [-0.25, -0.2) is 4.79 Å². The second kappa shape index (κ2) is 7.64. The fourth-order valence-electron chi connectivity index (χ4n) is 5.53. The molecule has 0 atom stereocenters. The van der Waals surface area contributed by atoms with E-state index in [1.807, 2.05) is 23.7 Å². The van der Waals surface area contributed by atoms with Gasteiger partial charge < -0.3 is 19.6 Å². The number of carbonyl (C=O) groups excluding carboxylic acids is 1. The van der Waals surface area contributed by atoms with Crippen LogP contribution in [-0.2, 0) is 19.0 Å². The van der Waals surface area contributed by atoms with Crippen molar-refractivity contribution in [3.8, 4) is 0 Å². The van der Waals surface area contributed by atoms with Crippen molar-refractivity contribution in [1.82, 2.24) is 14.5 Å². The average Bonchev–Trinajstić information content (AvgIpc) is 3.33. The van der Waals surface area contributed by atoms with Crippen LogP contribution in [0.1, 0.15) is 71.1 Å². The molecule has 34 heavy (non-hydrogen) atoms. The Balaban J connectivity index is 1.84. The number of carbonyl (C=O) groups is 2. The number of hydrogen-bond acceptors (Lipinski definition) is 2. The van der Waals surface area contributed by atoms with Crippen LogP contribution in [0.15, 0.2) is 36.5 Å². The predicted molar refractivity (Wildman–Crippen MR) is 135 cm³/mol. The number of fused-ring (bicyclic) bond motifs is 4. The van der Waals surface area contributed by atoms with Crippen molar-refractivity contribution in [2.75, 3.05) is 6.54 Å². The zero-order valence-electron chi connectivity index (χ0n) is 20.0. The molecule has 2 aromatic carbocycles. The zero-order chi connectivity index (χ0) is 24.5. The van der Waals surface area contributed by atoms with Gasteiger partial charge in [-0.2, -0.15) is 0 Å². The molecule has 3 heterocycles. The van der Waals surface area contributed by atoms with Gasteiger partial charge in [0, 0.05) is 42.5 Å². The summed E-state index contributed by atoms with van der Waals surface area (Å²) < 4.78 is 3.99. The number of aryl methyl sites for hydroxylation is 1. The summed E-state index contributed by atoms with van der Waals surface area (Å²) >= 11 is 6.50. The third-order valence-corrected chi connectivity index (χ3v) is 7.53. The molecule has 0 unspecified atom stereocenters. The third-order valence-electron chi connectivity index (χ3n) is 7.21. The van der Waals surface area contributed by atoms with Gasteiger partial charge in [0.1, 0.15) is 5.69 Å². The Morgan fingerprint density at radius 3 is 2.53 bits per heavy atom. The quantitative estimate of drug-likeness (QED) is 0.397. The molecular weight excluding hydrogens is 450 g/mol. The van der Waals surface area contributed by atoms with Crippen LogP contribution < -0.4 is 5.32 Å². The minimum atomic E-state index is -1.00. The van der Waals surface area contributed by atoms with Crippen LogP contribution in [0.4, 0.5) is 0 Å². The number of aromatic nitrogens is 2. The molecule has 1 amide bonds. The van der Waals surface area contributed by atoms with Gasteiger partial charge in [-0.05, 0) is 34.7 Å². The Hall–Kier alpha value is -3.25. The van der Waals surface area contributed by atoms with E-state index in [1.165, 1.54) is 5.56 Å². The van der Waals surface area contributed by atoms with Crippen LogP contribution in [0, 0.1) is 0 Å². The SMILES string of the molecule is CC(C)c1ccc(C(C)(C)c2ccc(Cl)c3c(C(=O)O)cn(C)c23)c2cc3n(c12)CCNC3=O. The molecule has 2 N–H and O–H groups in total. The minimum Gasteiger partial charge on any atom is -0.478 e. The molecule has 4 aromatic rings. The number of amides is 1. The lowest BCUT2D eigenvalue weighted by molar-refractivity contribution is 0.0698. The van der Waals surface area contributed by atoms with Crippen molar-refractivity contribution >= 4 is 45.3 Å². The number of carboxylic acid groups (broad SMARTS) is 1. The van der Waals surface area contributed by atoms with Gasteiger partial charge >= 0.3 is 5.97 Å². The van der Waals surface area contributed by atoms with Crippen molar-refractivity contribution in [3.63, 3.8) is 0 Å². The molecule has 1 aliphatic heterocycles. The Morgan fingerprint density at radius 1 is 1.15 bits per heavy atom. The number of nitrogens with zero attached hydrogens (tertiary/aromatic N) is 2. The Morgan fingerprint density at radius 2 is 1.85 bits per heavy atom.